The fourth-order valence-electron chi connectivity index (χ4n) is 1.95. The third kappa shape index (κ3) is 3.73. The number of anilines is 1. The molecule has 5 nitrogen and oxygen atoms in total. The predicted octanol–water partition coefficient (Wildman–Crippen LogP) is 0.848. The van der Waals surface area contributed by atoms with E-state index in [1.807, 2.05) is 30.3 Å². The van der Waals surface area contributed by atoms with Crippen molar-refractivity contribution in [3.63, 3.8) is 0 Å². The molecule has 2 rings (SSSR count). The van der Waals surface area contributed by atoms with Gasteiger partial charge in [0.15, 0.2) is 15.8 Å². The normalized spacial score (nSPS) is 22.9. The molecule has 1 aromatic rings. The number of aliphatic imine (C=N–C) groups is 1. The Labute approximate surface area is 107 Å². The molecule has 18 heavy (non-hydrogen) atoms. The summed E-state index contributed by atoms with van der Waals surface area (Å²) < 4.78 is 22.6. The molecule has 0 aliphatic carbocycles. The van der Waals surface area contributed by atoms with Crippen molar-refractivity contribution in [1.82, 2.24) is 0 Å². The van der Waals surface area contributed by atoms with Crippen LogP contribution in [0.15, 0.2) is 35.3 Å². The van der Waals surface area contributed by atoms with Gasteiger partial charge in [0.2, 0.25) is 0 Å². The van der Waals surface area contributed by atoms with Crippen molar-refractivity contribution in [3.05, 3.63) is 30.3 Å². The molecule has 1 unspecified atom stereocenters. The fraction of sp³-hybridized carbons (Fsp3) is 0.417. The van der Waals surface area contributed by atoms with Crippen LogP contribution in [-0.4, -0.2) is 32.4 Å². The van der Waals surface area contributed by atoms with E-state index in [1.54, 1.807) is 0 Å². The first-order valence-corrected chi connectivity index (χ1v) is 7.70. The SMILES string of the molecule is NC(=NCC1CCS(=O)(=O)C1)Nc1ccccc1. The number of rotatable bonds is 3. The maximum absolute atomic E-state index is 11.3. The summed E-state index contributed by atoms with van der Waals surface area (Å²) in [5, 5.41) is 2.96. The predicted molar refractivity (Wildman–Crippen MR) is 73.3 cm³/mol. The summed E-state index contributed by atoms with van der Waals surface area (Å²) in [6.07, 6.45) is 0.685. The highest BCUT2D eigenvalue weighted by Crippen LogP contribution is 2.18. The van der Waals surface area contributed by atoms with Crippen molar-refractivity contribution in [2.75, 3.05) is 23.4 Å². The van der Waals surface area contributed by atoms with Crippen LogP contribution in [0.25, 0.3) is 0 Å². The monoisotopic (exact) mass is 267 g/mol. The molecular weight excluding hydrogens is 250 g/mol. The highest BCUT2D eigenvalue weighted by atomic mass is 32.2. The third-order valence-electron chi connectivity index (χ3n) is 2.89. The van der Waals surface area contributed by atoms with Crippen LogP contribution in [0.5, 0.6) is 0 Å². The van der Waals surface area contributed by atoms with Gasteiger partial charge in [0.25, 0.3) is 0 Å². The second-order valence-corrected chi connectivity index (χ2v) is 6.71. The van der Waals surface area contributed by atoms with E-state index in [9.17, 15) is 8.42 Å². The van der Waals surface area contributed by atoms with Gasteiger partial charge >= 0.3 is 0 Å². The Balaban J connectivity index is 1.87. The van der Waals surface area contributed by atoms with Crippen molar-refractivity contribution in [2.45, 2.75) is 6.42 Å². The minimum atomic E-state index is -2.83. The summed E-state index contributed by atoms with van der Waals surface area (Å²) in [6, 6.07) is 9.50. The summed E-state index contributed by atoms with van der Waals surface area (Å²) in [7, 11) is -2.83. The number of para-hydroxylation sites is 1. The van der Waals surface area contributed by atoms with E-state index in [4.69, 9.17) is 5.73 Å². The lowest BCUT2D eigenvalue weighted by Gasteiger charge is -2.07. The molecule has 1 atom stereocenters. The maximum Gasteiger partial charge on any atom is 0.193 e. The van der Waals surface area contributed by atoms with Crippen LogP contribution < -0.4 is 11.1 Å². The number of nitrogens with two attached hydrogens (primary N) is 1. The number of nitrogens with zero attached hydrogens (tertiary/aromatic N) is 1. The smallest absolute Gasteiger partial charge is 0.193 e. The molecule has 1 aromatic carbocycles. The minimum Gasteiger partial charge on any atom is -0.370 e. The van der Waals surface area contributed by atoms with Crippen LogP contribution >= 0.6 is 0 Å². The molecule has 0 radical (unpaired) electrons. The minimum absolute atomic E-state index is 0.103. The van der Waals surface area contributed by atoms with Crippen molar-refractivity contribution >= 4 is 21.5 Å². The van der Waals surface area contributed by atoms with E-state index in [0.29, 0.717) is 18.9 Å². The van der Waals surface area contributed by atoms with Gasteiger partial charge in [-0.2, -0.15) is 0 Å². The Morgan fingerprint density at radius 3 is 2.72 bits per heavy atom. The van der Waals surface area contributed by atoms with Crippen molar-refractivity contribution in [3.8, 4) is 0 Å². The van der Waals surface area contributed by atoms with Crippen molar-refractivity contribution in [2.24, 2.45) is 16.6 Å². The van der Waals surface area contributed by atoms with Crippen molar-refractivity contribution in [1.29, 1.82) is 0 Å². The number of sulfone groups is 1. The molecule has 6 heteroatoms. The number of benzene rings is 1. The van der Waals surface area contributed by atoms with Crippen LogP contribution in [0.3, 0.4) is 0 Å². The largest absolute Gasteiger partial charge is 0.370 e. The topological polar surface area (TPSA) is 84.5 Å². The Bertz CT molecular complexity index is 526. The quantitative estimate of drug-likeness (QED) is 0.628. The Hall–Kier alpha value is -1.56. The van der Waals surface area contributed by atoms with Crippen LogP contribution in [0, 0.1) is 5.92 Å². The summed E-state index contributed by atoms with van der Waals surface area (Å²) >= 11 is 0. The Kier molecular flexibility index (Phi) is 3.86. The van der Waals surface area contributed by atoms with E-state index in [2.05, 4.69) is 10.3 Å². The fourth-order valence-corrected chi connectivity index (χ4v) is 3.80. The molecule has 1 saturated heterocycles. The summed E-state index contributed by atoms with van der Waals surface area (Å²) in [5.41, 5.74) is 6.61. The van der Waals surface area contributed by atoms with E-state index in [1.165, 1.54) is 0 Å². The molecule has 1 fully saturated rings. The molecule has 0 amide bonds. The lowest BCUT2D eigenvalue weighted by molar-refractivity contribution is 0.591. The second kappa shape index (κ2) is 5.39. The van der Waals surface area contributed by atoms with Gasteiger partial charge in [0.1, 0.15) is 0 Å². The summed E-state index contributed by atoms with van der Waals surface area (Å²) in [6.45, 7) is 0.463. The van der Waals surface area contributed by atoms with Crippen LogP contribution in [0.1, 0.15) is 6.42 Å². The lowest BCUT2D eigenvalue weighted by atomic mass is 10.1. The van der Waals surface area contributed by atoms with Crippen LogP contribution in [-0.2, 0) is 9.84 Å². The summed E-state index contributed by atoms with van der Waals surface area (Å²) in [5.74, 6) is 0.936. The lowest BCUT2D eigenvalue weighted by Crippen LogP contribution is -2.24. The maximum atomic E-state index is 11.3. The molecular formula is C12H17N3O2S. The average Bonchev–Trinajstić information content (AvgIpc) is 2.68. The molecule has 0 bridgehead atoms. The van der Waals surface area contributed by atoms with E-state index >= 15 is 0 Å². The van der Waals surface area contributed by atoms with E-state index in [-0.39, 0.29) is 17.4 Å². The van der Waals surface area contributed by atoms with Gasteiger partial charge in [0.05, 0.1) is 11.5 Å². The third-order valence-corrected chi connectivity index (χ3v) is 4.73. The van der Waals surface area contributed by atoms with Gasteiger partial charge in [-0.05, 0) is 24.5 Å². The van der Waals surface area contributed by atoms with Crippen LogP contribution in [0.4, 0.5) is 5.69 Å². The molecule has 0 aromatic heterocycles. The zero-order chi connectivity index (χ0) is 13.0. The van der Waals surface area contributed by atoms with Gasteiger partial charge in [0, 0.05) is 12.2 Å². The average molecular weight is 267 g/mol. The number of guanidine groups is 1. The Morgan fingerprint density at radius 1 is 1.39 bits per heavy atom. The van der Waals surface area contributed by atoms with Gasteiger partial charge in [-0.1, -0.05) is 18.2 Å². The van der Waals surface area contributed by atoms with E-state index in [0.717, 1.165) is 5.69 Å². The second-order valence-electron chi connectivity index (χ2n) is 4.49. The standard InChI is InChI=1S/C12H17N3O2S/c13-12(15-11-4-2-1-3-5-11)14-8-10-6-7-18(16,17)9-10/h1-5,10H,6-9H2,(H3,13,14,15). The van der Waals surface area contributed by atoms with Crippen molar-refractivity contribution < 1.29 is 8.42 Å². The van der Waals surface area contributed by atoms with Gasteiger partial charge < -0.3 is 11.1 Å². The highest BCUT2D eigenvalue weighted by molar-refractivity contribution is 7.91. The number of nitrogens with one attached hydrogen (secondary N) is 1. The van der Waals surface area contributed by atoms with E-state index < -0.39 is 9.84 Å². The molecule has 3 N–H and O–H groups in total. The van der Waals surface area contributed by atoms with Crippen LogP contribution in [0.2, 0.25) is 0 Å². The first-order chi connectivity index (χ1) is 8.55. The molecule has 1 heterocycles. The molecule has 1 aliphatic heterocycles. The number of hydrogen-bond acceptors (Lipinski definition) is 3. The van der Waals surface area contributed by atoms with Gasteiger partial charge in [-0.25, -0.2) is 8.42 Å². The molecule has 0 saturated carbocycles. The highest BCUT2D eigenvalue weighted by Gasteiger charge is 2.27. The molecule has 0 spiro atoms. The molecule has 98 valence electrons. The molecule has 1 aliphatic rings. The van der Waals surface area contributed by atoms with Gasteiger partial charge in [-0.3, -0.25) is 4.99 Å². The summed E-state index contributed by atoms with van der Waals surface area (Å²) in [4.78, 5) is 4.19. The van der Waals surface area contributed by atoms with Gasteiger partial charge in [-0.15, -0.1) is 0 Å². The zero-order valence-electron chi connectivity index (χ0n) is 10.0. The first-order valence-electron chi connectivity index (χ1n) is 5.87. The number of hydrogen-bond donors (Lipinski definition) is 2. The Morgan fingerprint density at radius 2 is 2.11 bits per heavy atom. The first kappa shape index (κ1) is 12.9. The zero-order valence-corrected chi connectivity index (χ0v) is 10.9.